The van der Waals surface area contributed by atoms with Crippen molar-refractivity contribution in [3.63, 3.8) is 0 Å². The molecule has 4 heteroatoms. The average Bonchev–Trinajstić information content (AvgIpc) is 2.52. The molecule has 2 heterocycles. The van der Waals surface area contributed by atoms with Crippen molar-refractivity contribution >= 4 is 23.1 Å². The summed E-state index contributed by atoms with van der Waals surface area (Å²) in [6.45, 7) is 6.00. The molecule has 3 nitrogen and oxygen atoms in total. The summed E-state index contributed by atoms with van der Waals surface area (Å²) in [5.74, 6) is 1.18. The first kappa shape index (κ1) is 14.1. The highest BCUT2D eigenvalue weighted by atomic mass is 32.2. The van der Waals surface area contributed by atoms with Crippen LogP contribution in [0.1, 0.15) is 25.7 Å². The lowest BCUT2D eigenvalue weighted by Crippen LogP contribution is -2.31. The number of likely N-dealkylation sites (tertiary alicyclic amines) is 1. The van der Waals surface area contributed by atoms with Gasteiger partial charge < -0.3 is 15.5 Å². The molecule has 2 aliphatic rings. The molecular formula is C16H25N3S. The number of benzene rings is 1. The molecule has 0 aromatic heterocycles. The van der Waals surface area contributed by atoms with Gasteiger partial charge in [-0.1, -0.05) is 6.42 Å². The Bertz CT molecular complexity index is 430. The van der Waals surface area contributed by atoms with Gasteiger partial charge >= 0.3 is 0 Å². The van der Waals surface area contributed by atoms with Crippen LogP contribution in [0.5, 0.6) is 0 Å². The first-order valence-electron chi connectivity index (χ1n) is 7.89. The summed E-state index contributed by atoms with van der Waals surface area (Å²) < 4.78 is 0. The minimum Gasteiger partial charge on any atom is -0.385 e. The fourth-order valence-electron chi connectivity index (χ4n) is 2.97. The minimum atomic E-state index is 1.07. The third-order valence-electron chi connectivity index (χ3n) is 4.08. The van der Waals surface area contributed by atoms with Crippen LogP contribution in [-0.2, 0) is 0 Å². The molecular weight excluding hydrogens is 266 g/mol. The van der Waals surface area contributed by atoms with E-state index < -0.39 is 0 Å². The van der Waals surface area contributed by atoms with E-state index in [1.54, 1.807) is 0 Å². The SMILES string of the molecule is c1cc2c(cc1NCCCN1CCCCC1)NCCS2. The Morgan fingerprint density at radius 2 is 2.10 bits per heavy atom. The van der Waals surface area contributed by atoms with Crippen LogP contribution in [0, 0.1) is 0 Å². The van der Waals surface area contributed by atoms with Crippen molar-refractivity contribution in [1.29, 1.82) is 0 Å². The van der Waals surface area contributed by atoms with Gasteiger partial charge in [0.1, 0.15) is 0 Å². The van der Waals surface area contributed by atoms with Crippen LogP contribution in [0.4, 0.5) is 11.4 Å². The summed E-state index contributed by atoms with van der Waals surface area (Å²) in [5.41, 5.74) is 2.54. The van der Waals surface area contributed by atoms with Gasteiger partial charge in [-0.3, -0.25) is 0 Å². The van der Waals surface area contributed by atoms with Crippen molar-refractivity contribution in [3.8, 4) is 0 Å². The maximum Gasteiger partial charge on any atom is 0.0499 e. The van der Waals surface area contributed by atoms with Crippen LogP contribution in [0.2, 0.25) is 0 Å². The fraction of sp³-hybridized carbons (Fsp3) is 0.625. The van der Waals surface area contributed by atoms with Gasteiger partial charge in [-0.2, -0.15) is 0 Å². The van der Waals surface area contributed by atoms with Crippen LogP contribution in [0.15, 0.2) is 23.1 Å². The average molecular weight is 291 g/mol. The summed E-state index contributed by atoms with van der Waals surface area (Å²) in [6, 6.07) is 6.70. The van der Waals surface area contributed by atoms with E-state index in [9.17, 15) is 0 Å². The van der Waals surface area contributed by atoms with Gasteiger partial charge in [-0.15, -0.1) is 11.8 Å². The number of piperidine rings is 1. The Hall–Kier alpha value is -0.870. The molecule has 1 fully saturated rings. The lowest BCUT2D eigenvalue weighted by molar-refractivity contribution is 0.228. The molecule has 1 aromatic carbocycles. The Morgan fingerprint density at radius 3 is 3.00 bits per heavy atom. The Balaban J connectivity index is 1.41. The normalized spacial score (nSPS) is 19.2. The van der Waals surface area contributed by atoms with Crippen LogP contribution in [0.3, 0.4) is 0 Å². The number of anilines is 2. The lowest BCUT2D eigenvalue weighted by atomic mass is 10.1. The molecule has 0 saturated carbocycles. The molecule has 1 aromatic rings. The van der Waals surface area contributed by atoms with Crippen LogP contribution in [-0.4, -0.2) is 43.4 Å². The smallest absolute Gasteiger partial charge is 0.0499 e. The topological polar surface area (TPSA) is 27.3 Å². The van der Waals surface area contributed by atoms with Crippen molar-refractivity contribution in [2.45, 2.75) is 30.6 Å². The number of nitrogens with one attached hydrogen (secondary N) is 2. The summed E-state index contributed by atoms with van der Waals surface area (Å²) in [7, 11) is 0. The molecule has 0 radical (unpaired) electrons. The predicted molar refractivity (Wildman–Crippen MR) is 89.1 cm³/mol. The molecule has 0 spiro atoms. The largest absolute Gasteiger partial charge is 0.385 e. The van der Waals surface area contributed by atoms with Gasteiger partial charge in [0, 0.05) is 35.1 Å². The summed E-state index contributed by atoms with van der Waals surface area (Å²) in [6.07, 6.45) is 5.44. The number of nitrogens with zero attached hydrogens (tertiary/aromatic N) is 1. The zero-order valence-corrected chi connectivity index (χ0v) is 13.0. The van der Waals surface area contributed by atoms with E-state index >= 15 is 0 Å². The maximum absolute atomic E-state index is 3.56. The molecule has 1 saturated heterocycles. The standard InChI is InChI=1S/C16H25N3S/c1-2-9-19(10-3-1)11-4-7-17-14-5-6-16-15(13-14)18-8-12-20-16/h5-6,13,17-18H,1-4,7-12H2. The molecule has 0 aliphatic carbocycles. The zero-order chi connectivity index (χ0) is 13.6. The molecule has 2 aliphatic heterocycles. The van der Waals surface area contributed by atoms with Crippen molar-refractivity contribution in [3.05, 3.63) is 18.2 Å². The Morgan fingerprint density at radius 1 is 1.20 bits per heavy atom. The summed E-state index contributed by atoms with van der Waals surface area (Å²) >= 11 is 1.95. The number of thioether (sulfide) groups is 1. The van der Waals surface area contributed by atoms with Crippen molar-refractivity contribution < 1.29 is 0 Å². The van der Waals surface area contributed by atoms with E-state index in [4.69, 9.17) is 0 Å². The van der Waals surface area contributed by atoms with E-state index in [0.717, 1.165) is 13.1 Å². The summed E-state index contributed by atoms with van der Waals surface area (Å²) in [5, 5.41) is 7.03. The van der Waals surface area contributed by atoms with Crippen molar-refractivity contribution in [1.82, 2.24) is 4.90 Å². The highest BCUT2D eigenvalue weighted by Gasteiger charge is 2.10. The van der Waals surface area contributed by atoms with Gasteiger partial charge in [-0.05, 0) is 57.1 Å². The van der Waals surface area contributed by atoms with Gasteiger partial charge in [0.25, 0.3) is 0 Å². The first-order chi connectivity index (χ1) is 9.92. The minimum absolute atomic E-state index is 1.07. The lowest BCUT2D eigenvalue weighted by Gasteiger charge is -2.26. The van der Waals surface area contributed by atoms with E-state index in [-0.39, 0.29) is 0 Å². The molecule has 0 unspecified atom stereocenters. The van der Waals surface area contributed by atoms with E-state index in [1.807, 2.05) is 11.8 Å². The number of fused-ring (bicyclic) bond motifs is 1. The second-order valence-electron chi connectivity index (χ2n) is 5.67. The first-order valence-corrected chi connectivity index (χ1v) is 8.87. The van der Waals surface area contributed by atoms with Crippen LogP contribution in [0.25, 0.3) is 0 Å². The molecule has 0 amide bonds. The highest BCUT2D eigenvalue weighted by molar-refractivity contribution is 7.99. The van der Waals surface area contributed by atoms with E-state index in [2.05, 4.69) is 33.7 Å². The van der Waals surface area contributed by atoms with Gasteiger partial charge in [0.2, 0.25) is 0 Å². The predicted octanol–water partition coefficient (Wildman–Crippen LogP) is 3.49. The maximum atomic E-state index is 3.56. The zero-order valence-electron chi connectivity index (χ0n) is 12.2. The van der Waals surface area contributed by atoms with E-state index in [1.165, 1.54) is 67.3 Å². The summed E-state index contributed by atoms with van der Waals surface area (Å²) in [4.78, 5) is 3.99. The number of rotatable bonds is 5. The Labute approximate surface area is 126 Å². The van der Waals surface area contributed by atoms with Gasteiger partial charge in [0.05, 0.1) is 0 Å². The number of hydrogen-bond acceptors (Lipinski definition) is 4. The fourth-order valence-corrected chi connectivity index (χ4v) is 3.84. The van der Waals surface area contributed by atoms with Gasteiger partial charge in [-0.25, -0.2) is 0 Å². The molecule has 110 valence electrons. The molecule has 0 bridgehead atoms. The van der Waals surface area contributed by atoms with Gasteiger partial charge in [0.15, 0.2) is 0 Å². The number of hydrogen-bond donors (Lipinski definition) is 2. The monoisotopic (exact) mass is 291 g/mol. The molecule has 2 N–H and O–H groups in total. The third kappa shape index (κ3) is 3.83. The van der Waals surface area contributed by atoms with Crippen molar-refractivity contribution in [2.24, 2.45) is 0 Å². The highest BCUT2D eigenvalue weighted by Crippen LogP contribution is 2.32. The molecule has 0 atom stereocenters. The van der Waals surface area contributed by atoms with E-state index in [0.29, 0.717) is 0 Å². The quantitative estimate of drug-likeness (QED) is 0.812. The van der Waals surface area contributed by atoms with Crippen molar-refractivity contribution in [2.75, 3.05) is 49.1 Å². The molecule has 3 rings (SSSR count). The molecule has 20 heavy (non-hydrogen) atoms. The second-order valence-corrected chi connectivity index (χ2v) is 6.81. The van der Waals surface area contributed by atoms with Crippen LogP contribution < -0.4 is 10.6 Å². The van der Waals surface area contributed by atoms with Crippen LogP contribution >= 0.6 is 11.8 Å². The third-order valence-corrected chi connectivity index (χ3v) is 5.16. The Kier molecular flexibility index (Phi) is 5.09. The second kappa shape index (κ2) is 7.23.